The van der Waals surface area contributed by atoms with Crippen LogP contribution in [0.4, 0.5) is 33.6 Å². The summed E-state index contributed by atoms with van der Waals surface area (Å²) >= 11 is 0. The van der Waals surface area contributed by atoms with Gasteiger partial charge in [0.05, 0.1) is 30.4 Å². The minimum atomic E-state index is -4.64. The van der Waals surface area contributed by atoms with Crippen molar-refractivity contribution in [1.29, 1.82) is 0 Å². The number of imidazole rings is 1. The maximum Gasteiger partial charge on any atom is 0.416 e. The fourth-order valence-corrected chi connectivity index (χ4v) is 3.19. The lowest BCUT2D eigenvalue weighted by Crippen LogP contribution is -2.07. The molecule has 0 aliphatic carbocycles. The first-order valence-electron chi connectivity index (χ1n) is 9.50. The van der Waals surface area contributed by atoms with Gasteiger partial charge in [-0.2, -0.15) is 18.2 Å². The second-order valence-electron chi connectivity index (χ2n) is 7.13. The summed E-state index contributed by atoms with van der Waals surface area (Å²) in [4.78, 5) is 8.26. The van der Waals surface area contributed by atoms with E-state index in [1.54, 1.807) is 13.1 Å². The molecule has 0 bridgehead atoms. The molecular formula is C21H17F5N6O. The summed E-state index contributed by atoms with van der Waals surface area (Å²) in [6.45, 7) is 1.76. The van der Waals surface area contributed by atoms with Gasteiger partial charge in [-0.3, -0.25) is 0 Å². The Morgan fingerprint density at radius 3 is 2.45 bits per heavy atom. The highest BCUT2D eigenvalue weighted by atomic mass is 19.4. The molecule has 0 saturated carbocycles. The first kappa shape index (κ1) is 22.2. The summed E-state index contributed by atoms with van der Waals surface area (Å²) in [5.74, 6) is -1.34. The lowest BCUT2D eigenvalue weighted by Gasteiger charge is -2.11. The van der Waals surface area contributed by atoms with Crippen molar-refractivity contribution in [3.63, 3.8) is 0 Å². The minimum absolute atomic E-state index is 0.0445. The number of ether oxygens (including phenoxy) is 1. The van der Waals surface area contributed by atoms with E-state index in [0.29, 0.717) is 23.9 Å². The molecule has 0 atom stereocenters. The van der Waals surface area contributed by atoms with Gasteiger partial charge in [-0.1, -0.05) is 0 Å². The Morgan fingerprint density at radius 1 is 1.06 bits per heavy atom. The van der Waals surface area contributed by atoms with Gasteiger partial charge in [-0.05, 0) is 37.3 Å². The number of alkyl halides is 3. The maximum atomic E-state index is 15.0. The van der Waals surface area contributed by atoms with Crippen molar-refractivity contribution in [2.75, 3.05) is 12.4 Å². The molecule has 12 heteroatoms. The molecule has 2 heterocycles. The zero-order valence-electron chi connectivity index (χ0n) is 17.6. The third-order valence-corrected chi connectivity index (χ3v) is 4.78. The van der Waals surface area contributed by atoms with Crippen LogP contribution in [0.3, 0.4) is 0 Å². The molecule has 0 unspecified atom stereocenters. The molecule has 0 spiro atoms. The molecule has 7 nitrogen and oxygen atoms in total. The van der Waals surface area contributed by atoms with Gasteiger partial charge in [0.2, 0.25) is 5.95 Å². The van der Waals surface area contributed by atoms with E-state index < -0.39 is 29.1 Å². The zero-order valence-corrected chi connectivity index (χ0v) is 17.6. The topological polar surface area (TPSA) is 69.8 Å². The molecule has 0 aliphatic heterocycles. The molecule has 172 valence electrons. The molecule has 4 aromatic rings. The minimum Gasteiger partial charge on any atom is -0.494 e. The monoisotopic (exact) mass is 464 g/mol. The number of hydrogen-bond acceptors (Lipinski definition) is 5. The Balaban J connectivity index is 1.70. The molecule has 0 amide bonds. The normalized spacial score (nSPS) is 11.6. The van der Waals surface area contributed by atoms with E-state index in [1.165, 1.54) is 41.9 Å². The lowest BCUT2D eigenvalue weighted by atomic mass is 10.1. The molecule has 0 fully saturated rings. The van der Waals surface area contributed by atoms with Gasteiger partial charge in [0.1, 0.15) is 17.3 Å². The summed E-state index contributed by atoms with van der Waals surface area (Å²) in [7, 11) is 2.83. The molecular weight excluding hydrogens is 447 g/mol. The second kappa shape index (κ2) is 8.19. The van der Waals surface area contributed by atoms with Crippen LogP contribution in [0.25, 0.3) is 17.1 Å². The maximum absolute atomic E-state index is 15.0. The van der Waals surface area contributed by atoms with Gasteiger partial charge in [0.15, 0.2) is 11.6 Å². The number of nitrogens with one attached hydrogen (secondary N) is 1. The standard InChI is InChI=1S/C21H17F5N6O/c1-11-9-32(10-27-11)18-15(23)6-12(7-17(18)33-3)19-29-20(31(2)30-19)28-16-8-13(21(24,25)26)4-5-14(16)22/h4-10H,1-3H3,(H,28,29,30). The van der Waals surface area contributed by atoms with E-state index in [1.807, 2.05) is 0 Å². The Bertz CT molecular complexity index is 1330. The Kier molecular flexibility index (Phi) is 5.52. The van der Waals surface area contributed by atoms with Crippen molar-refractivity contribution in [3.8, 4) is 22.8 Å². The van der Waals surface area contributed by atoms with Gasteiger partial charge in [-0.25, -0.2) is 18.4 Å². The van der Waals surface area contributed by atoms with E-state index in [0.717, 1.165) is 0 Å². The SMILES string of the molecule is COc1cc(-c2nc(Nc3cc(C(F)(F)F)ccc3F)n(C)n2)cc(F)c1-n1cnc(C)c1. The Hall–Kier alpha value is -3.96. The van der Waals surface area contributed by atoms with Gasteiger partial charge in [-0.15, -0.1) is 5.10 Å². The molecule has 0 aliphatic rings. The fourth-order valence-electron chi connectivity index (χ4n) is 3.19. The van der Waals surface area contributed by atoms with Gasteiger partial charge in [0.25, 0.3) is 0 Å². The van der Waals surface area contributed by atoms with Crippen LogP contribution in [0.15, 0.2) is 42.9 Å². The zero-order chi connectivity index (χ0) is 23.9. The molecule has 0 saturated heterocycles. The van der Waals surface area contributed by atoms with Crippen LogP contribution in [0.5, 0.6) is 5.75 Å². The first-order valence-corrected chi connectivity index (χ1v) is 9.50. The van der Waals surface area contributed by atoms with Crippen LogP contribution >= 0.6 is 0 Å². The lowest BCUT2D eigenvalue weighted by molar-refractivity contribution is -0.137. The van der Waals surface area contributed by atoms with Crippen LogP contribution in [0, 0.1) is 18.6 Å². The molecule has 2 aromatic heterocycles. The summed E-state index contributed by atoms with van der Waals surface area (Å²) in [5.41, 5.74) is -0.378. The predicted molar refractivity (Wildman–Crippen MR) is 109 cm³/mol. The highest BCUT2D eigenvalue weighted by molar-refractivity contribution is 5.65. The molecule has 2 aromatic carbocycles. The number of benzene rings is 2. The second-order valence-corrected chi connectivity index (χ2v) is 7.13. The summed E-state index contributed by atoms with van der Waals surface area (Å²) in [5, 5.41) is 6.66. The molecule has 0 radical (unpaired) electrons. The first-order chi connectivity index (χ1) is 15.6. The number of rotatable bonds is 5. The highest BCUT2D eigenvalue weighted by Crippen LogP contribution is 2.34. The number of anilines is 2. The number of halogens is 5. The van der Waals surface area contributed by atoms with Gasteiger partial charge >= 0.3 is 6.18 Å². The smallest absolute Gasteiger partial charge is 0.416 e. The van der Waals surface area contributed by atoms with Crippen molar-refractivity contribution in [2.24, 2.45) is 7.05 Å². The average Bonchev–Trinajstić information content (AvgIpc) is 3.33. The van der Waals surface area contributed by atoms with Crippen molar-refractivity contribution in [3.05, 3.63) is 65.7 Å². The van der Waals surface area contributed by atoms with Gasteiger partial charge in [0, 0.05) is 18.8 Å². The van der Waals surface area contributed by atoms with E-state index in [2.05, 4.69) is 20.4 Å². The molecule has 4 rings (SSSR count). The van der Waals surface area contributed by atoms with E-state index in [9.17, 15) is 22.0 Å². The Morgan fingerprint density at radius 2 is 1.82 bits per heavy atom. The number of aryl methyl sites for hydroxylation is 2. The number of methoxy groups -OCH3 is 1. The number of hydrogen-bond donors (Lipinski definition) is 1. The third kappa shape index (κ3) is 4.36. The van der Waals surface area contributed by atoms with Crippen LogP contribution < -0.4 is 10.1 Å². The Labute approximate surface area is 184 Å². The third-order valence-electron chi connectivity index (χ3n) is 4.78. The summed E-state index contributed by atoms with van der Waals surface area (Å²) in [6, 6.07) is 4.68. The van der Waals surface area contributed by atoms with Crippen LogP contribution in [-0.4, -0.2) is 31.4 Å². The summed E-state index contributed by atoms with van der Waals surface area (Å²) < 4.78 is 76.0. The quantitative estimate of drug-likeness (QED) is 0.420. The molecule has 33 heavy (non-hydrogen) atoms. The van der Waals surface area contributed by atoms with Crippen LogP contribution in [-0.2, 0) is 13.2 Å². The van der Waals surface area contributed by atoms with E-state index in [-0.39, 0.29) is 28.8 Å². The van der Waals surface area contributed by atoms with Gasteiger partial charge < -0.3 is 14.6 Å². The predicted octanol–water partition coefficient (Wildman–Crippen LogP) is 5.03. The van der Waals surface area contributed by atoms with Crippen molar-refractivity contribution >= 4 is 11.6 Å². The highest BCUT2D eigenvalue weighted by Gasteiger charge is 2.31. The largest absolute Gasteiger partial charge is 0.494 e. The summed E-state index contributed by atoms with van der Waals surface area (Å²) in [6.07, 6.45) is -1.56. The average molecular weight is 464 g/mol. The number of aromatic nitrogens is 5. The van der Waals surface area contributed by atoms with Crippen LogP contribution in [0.1, 0.15) is 11.3 Å². The van der Waals surface area contributed by atoms with Crippen molar-refractivity contribution < 1.29 is 26.7 Å². The van der Waals surface area contributed by atoms with Crippen molar-refractivity contribution in [1.82, 2.24) is 24.3 Å². The fraction of sp³-hybridized carbons (Fsp3) is 0.190. The van der Waals surface area contributed by atoms with E-state index in [4.69, 9.17) is 4.74 Å². The van der Waals surface area contributed by atoms with Crippen molar-refractivity contribution in [2.45, 2.75) is 13.1 Å². The number of nitrogens with zero attached hydrogens (tertiary/aromatic N) is 5. The molecule has 1 N–H and O–H groups in total. The van der Waals surface area contributed by atoms with Crippen LogP contribution in [0.2, 0.25) is 0 Å². The van der Waals surface area contributed by atoms with E-state index >= 15 is 0 Å².